The van der Waals surface area contributed by atoms with Gasteiger partial charge in [0.05, 0.1) is 16.8 Å². The zero-order valence-electron chi connectivity index (χ0n) is 12.9. The summed E-state index contributed by atoms with van der Waals surface area (Å²) in [4.78, 5) is 34.1. The molecule has 0 aromatic heterocycles. The molecule has 0 spiro atoms. The molecule has 0 aliphatic carbocycles. The van der Waals surface area contributed by atoms with Gasteiger partial charge in [0.25, 0.3) is 5.69 Å². The van der Waals surface area contributed by atoms with Crippen LogP contribution in [0.5, 0.6) is 0 Å². The quantitative estimate of drug-likeness (QED) is 0.635. The number of aliphatic carboxylic acids is 1. The van der Waals surface area contributed by atoms with E-state index in [1.54, 1.807) is 0 Å². The molecule has 8 nitrogen and oxygen atoms in total. The van der Waals surface area contributed by atoms with Gasteiger partial charge in [-0.2, -0.15) is 13.2 Å². The van der Waals surface area contributed by atoms with E-state index in [2.05, 4.69) is 5.32 Å². The molecule has 136 valence electrons. The first-order valence-electron chi connectivity index (χ1n) is 7.11. The Hall–Kier alpha value is -2.85. The largest absolute Gasteiger partial charge is 0.481 e. The number of nitrogens with one attached hydrogen (secondary N) is 1. The van der Waals surface area contributed by atoms with E-state index in [1.807, 2.05) is 0 Å². The lowest BCUT2D eigenvalue weighted by molar-refractivity contribution is -0.385. The van der Waals surface area contributed by atoms with E-state index >= 15 is 0 Å². The number of alkyl halides is 3. The molecule has 1 aromatic carbocycles. The van der Waals surface area contributed by atoms with Crippen LogP contribution in [0, 0.1) is 28.9 Å². The summed E-state index contributed by atoms with van der Waals surface area (Å²) in [6, 6.07) is 2.89. The molecule has 1 fully saturated rings. The average Bonchev–Trinajstić information content (AvgIpc) is 2.94. The van der Waals surface area contributed by atoms with E-state index in [0.29, 0.717) is 5.56 Å². The van der Waals surface area contributed by atoms with Crippen molar-refractivity contribution in [2.45, 2.75) is 13.1 Å². The van der Waals surface area contributed by atoms with Crippen molar-refractivity contribution in [1.82, 2.24) is 4.90 Å². The standard InChI is InChI=1S/C14H14F3N3O5/c1-7-2-3-8(4-11(7)20(24)25)18-13(23)19-5-9(12(21)22)10(6-19)14(15,16)17/h2-4,9-10H,5-6H2,1H3,(H,18,23)(H,21,22)/t9-,10-/m1/s1. The first-order chi connectivity index (χ1) is 11.5. The fraction of sp³-hybridized carbons (Fsp3) is 0.429. The van der Waals surface area contributed by atoms with E-state index < -0.39 is 48.0 Å². The number of nitrogens with zero attached hydrogens (tertiary/aromatic N) is 2. The lowest BCUT2D eigenvalue weighted by Crippen LogP contribution is -2.35. The smallest absolute Gasteiger partial charge is 0.394 e. The Morgan fingerprint density at radius 1 is 1.36 bits per heavy atom. The number of benzene rings is 1. The number of urea groups is 1. The van der Waals surface area contributed by atoms with Crippen LogP contribution in [-0.4, -0.2) is 46.2 Å². The second-order valence-electron chi connectivity index (χ2n) is 5.69. The number of carbonyl (C=O) groups excluding carboxylic acids is 1. The summed E-state index contributed by atoms with van der Waals surface area (Å²) in [5.41, 5.74) is 0.132. The highest BCUT2D eigenvalue weighted by Crippen LogP contribution is 2.38. The molecular formula is C14H14F3N3O5. The molecule has 1 aliphatic heterocycles. The number of carbonyl (C=O) groups is 2. The minimum atomic E-state index is -4.75. The van der Waals surface area contributed by atoms with Crippen LogP contribution in [0.25, 0.3) is 0 Å². The molecule has 0 saturated carbocycles. The summed E-state index contributed by atoms with van der Waals surface area (Å²) in [6.45, 7) is 0.106. The first-order valence-corrected chi connectivity index (χ1v) is 7.11. The third kappa shape index (κ3) is 3.98. The van der Waals surface area contributed by atoms with Gasteiger partial charge < -0.3 is 15.3 Å². The third-order valence-corrected chi connectivity index (χ3v) is 4.00. The molecule has 1 saturated heterocycles. The fourth-order valence-corrected chi connectivity index (χ4v) is 2.64. The second-order valence-corrected chi connectivity index (χ2v) is 5.69. The monoisotopic (exact) mass is 361 g/mol. The van der Waals surface area contributed by atoms with Crippen LogP contribution in [-0.2, 0) is 4.79 Å². The van der Waals surface area contributed by atoms with Crippen LogP contribution in [0.3, 0.4) is 0 Å². The topological polar surface area (TPSA) is 113 Å². The van der Waals surface area contributed by atoms with Crippen LogP contribution in [0.1, 0.15) is 5.56 Å². The van der Waals surface area contributed by atoms with Crippen molar-refractivity contribution in [3.63, 3.8) is 0 Å². The van der Waals surface area contributed by atoms with Gasteiger partial charge in [0, 0.05) is 30.4 Å². The highest BCUT2D eigenvalue weighted by Gasteiger charge is 2.53. The number of carboxylic acids is 1. The molecule has 11 heteroatoms. The van der Waals surface area contributed by atoms with Gasteiger partial charge in [-0.05, 0) is 13.0 Å². The number of anilines is 1. The lowest BCUT2D eigenvalue weighted by Gasteiger charge is -2.18. The normalized spacial score (nSPS) is 20.4. The van der Waals surface area contributed by atoms with Crippen LogP contribution in [0.15, 0.2) is 18.2 Å². The maximum atomic E-state index is 12.9. The molecule has 2 atom stereocenters. The van der Waals surface area contributed by atoms with Gasteiger partial charge in [-0.25, -0.2) is 4.79 Å². The Balaban J connectivity index is 2.15. The number of aryl methyl sites for hydroxylation is 1. The lowest BCUT2D eigenvalue weighted by atomic mass is 9.96. The number of amides is 2. The highest BCUT2D eigenvalue weighted by molar-refractivity contribution is 5.90. The number of hydrogen-bond donors (Lipinski definition) is 2. The van der Waals surface area contributed by atoms with Crippen molar-refractivity contribution in [3.05, 3.63) is 33.9 Å². The number of halogens is 3. The number of rotatable bonds is 3. The summed E-state index contributed by atoms with van der Waals surface area (Å²) in [7, 11) is 0. The zero-order chi connectivity index (χ0) is 18.9. The molecule has 0 unspecified atom stereocenters. The second kappa shape index (κ2) is 6.57. The van der Waals surface area contributed by atoms with Crippen molar-refractivity contribution in [1.29, 1.82) is 0 Å². The van der Waals surface area contributed by atoms with E-state index in [0.717, 1.165) is 11.0 Å². The number of carboxylic acid groups (broad SMARTS) is 1. The van der Waals surface area contributed by atoms with Gasteiger partial charge in [-0.1, -0.05) is 6.07 Å². The minimum Gasteiger partial charge on any atom is -0.481 e. The summed E-state index contributed by atoms with van der Waals surface area (Å²) < 4.78 is 38.8. The predicted molar refractivity (Wildman–Crippen MR) is 79.1 cm³/mol. The van der Waals surface area contributed by atoms with Gasteiger partial charge in [-0.3, -0.25) is 14.9 Å². The van der Waals surface area contributed by atoms with Crippen molar-refractivity contribution >= 4 is 23.4 Å². The SMILES string of the molecule is Cc1ccc(NC(=O)N2C[C@@H](C(F)(F)F)[C@H](C(=O)O)C2)cc1[N+](=O)[O-]. The maximum Gasteiger partial charge on any atom is 0.394 e. The Labute approximate surface area is 139 Å². The fourth-order valence-electron chi connectivity index (χ4n) is 2.64. The average molecular weight is 361 g/mol. The van der Waals surface area contributed by atoms with E-state index in [1.165, 1.54) is 19.1 Å². The Morgan fingerprint density at radius 2 is 2.00 bits per heavy atom. The highest BCUT2D eigenvalue weighted by atomic mass is 19.4. The Bertz CT molecular complexity index is 722. The van der Waals surface area contributed by atoms with Crippen molar-refractivity contribution in [2.24, 2.45) is 11.8 Å². The van der Waals surface area contributed by atoms with Crippen LogP contribution >= 0.6 is 0 Å². The molecule has 1 aliphatic rings. The van der Waals surface area contributed by atoms with Crippen LogP contribution in [0.2, 0.25) is 0 Å². The zero-order valence-corrected chi connectivity index (χ0v) is 12.9. The third-order valence-electron chi connectivity index (χ3n) is 4.00. The number of likely N-dealkylation sites (tertiary alicyclic amines) is 1. The van der Waals surface area contributed by atoms with E-state index in [4.69, 9.17) is 5.11 Å². The molecule has 2 N–H and O–H groups in total. The maximum absolute atomic E-state index is 12.9. The number of hydrogen-bond acceptors (Lipinski definition) is 4. The molecule has 25 heavy (non-hydrogen) atoms. The van der Waals surface area contributed by atoms with Gasteiger partial charge in [0.2, 0.25) is 0 Å². The predicted octanol–water partition coefficient (Wildman–Crippen LogP) is 2.63. The molecule has 2 amide bonds. The summed E-state index contributed by atoms with van der Waals surface area (Å²) in [6.07, 6.45) is -4.75. The molecule has 1 aromatic rings. The van der Waals surface area contributed by atoms with E-state index in [9.17, 15) is 32.9 Å². The minimum absolute atomic E-state index is 0.0321. The van der Waals surface area contributed by atoms with E-state index in [-0.39, 0.29) is 11.4 Å². The number of nitro groups is 1. The van der Waals surface area contributed by atoms with Gasteiger partial charge >= 0.3 is 18.2 Å². The molecule has 0 bridgehead atoms. The van der Waals surface area contributed by atoms with Gasteiger partial charge in [0.15, 0.2) is 0 Å². The van der Waals surface area contributed by atoms with Crippen molar-refractivity contribution in [3.8, 4) is 0 Å². The summed E-state index contributed by atoms with van der Waals surface area (Å²) >= 11 is 0. The Morgan fingerprint density at radius 3 is 2.48 bits per heavy atom. The van der Waals surface area contributed by atoms with Crippen molar-refractivity contribution in [2.75, 3.05) is 18.4 Å². The van der Waals surface area contributed by atoms with Gasteiger partial charge in [0.1, 0.15) is 0 Å². The molecule has 1 heterocycles. The van der Waals surface area contributed by atoms with Crippen molar-refractivity contribution < 1.29 is 32.8 Å². The van der Waals surface area contributed by atoms with Crippen LogP contribution in [0.4, 0.5) is 29.3 Å². The van der Waals surface area contributed by atoms with Crippen LogP contribution < -0.4 is 5.32 Å². The summed E-state index contributed by atoms with van der Waals surface area (Å²) in [5, 5.41) is 22.1. The molecule has 2 rings (SSSR count). The molecular weight excluding hydrogens is 347 g/mol. The van der Waals surface area contributed by atoms with Gasteiger partial charge in [-0.15, -0.1) is 0 Å². The Kier molecular flexibility index (Phi) is 4.86. The molecule has 0 radical (unpaired) electrons. The first kappa shape index (κ1) is 18.5. The number of nitro benzene ring substituents is 1. The summed E-state index contributed by atoms with van der Waals surface area (Å²) in [5.74, 6) is -5.55.